The normalized spacial score (nSPS) is 12.6. The van der Waals surface area contributed by atoms with Crippen molar-refractivity contribution in [3.63, 3.8) is 0 Å². The number of rotatable bonds is 7. The predicted octanol–water partition coefficient (Wildman–Crippen LogP) is 4.23. The van der Waals surface area contributed by atoms with Gasteiger partial charge in [0.05, 0.1) is 16.6 Å². The van der Waals surface area contributed by atoms with Crippen LogP contribution in [-0.2, 0) is 6.42 Å². The molecule has 20 heavy (non-hydrogen) atoms. The summed E-state index contributed by atoms with van der Waals surface area (Å²) in [4.78, 5) is 1.21. The monoisotopic (exact) mass is 309 g/mol. The van der Waals surface area contributed by atoms with Crippen molar-refractivity contribution in [1.82, 2.24) is 14.9 Å². The van der Waals surface area contributed by atoms with E-state index in [1.165, 1.54) is 22.0 Å². The van der Waals surface area contributed by atoms with E-state index in [0.717, 1.165) is 36.5 Å². The van der Waals surface area contributed by atoms with E-state index in [1.807, 2.05) is 18.2 Å². The molecule has 5 heteroatoms. The van der Waals surface area contributed by atoms with Crippen LogP contribution in [0, 0.1) is 0 Å². The van der Waals surface area contributed by atoms with E-state index in [4.69, 9.17) is 11.6 Å². The summed E-state index contributed by atoms with van der Waals surface area (Å²) < 4.78 is 4.14. The van der Waals surface area contributed by atoms with Gasteiger partial charge in [-0.25, -0.2) is 0 Å². The van der Waals surface area contributed by atoms with Crippen LogP contribution in [0.15, 0.2) is 24.3 Å². The first-order valence-electron chi connectivity index (χ1n) is 7.06. The second-order valence-electron chi connectivity index (χ2n) is 4.78. The molecule has 2 aromatic rings. The van der Waals surface area contributed by atoms with Crippen LogP contribution in [0.1, 0.15) is 48.9 Å². The van der Waals surface area contributed by atoms with Crippen LogP contribution in [0.4, 0.5) is 0 Å². The van der Waals surface area contributed by atoms with E-state index in [2.05, 4.69) is 34.8 Å². The van der Waals surface area contributed by atoms with E-state index in [0.29, 0.717) is 0 Å². The van der Waals surface area contributed by atoms with E-state index in [9.17, 15) is 0 Å². The van der Waals surface area contributed by atoms with Gasteiger partial charge in [-0.15, -0.1) is 5.10 Å². The molecular weight excluding hydrogens is 290 g/mol. The minimum atomic E-state index is 0.134. The van der Waals surface area contributed by atoms with Crippen LogP contribution in [0.5, 0.6) is 0 Å². The molecule has 2 rings (SSSR count). The number of hydrogen-bond acceptors (Lipinski definition) is 4. The van der Waals surface area contributed by atoms with Gasteiger partial charge in [-0.3, -0.25) is 0 Å². The molecule has 0 amide bonds. The van der Waals surface area contributed by atoms with Crippen LogP contribution < -0.4 is 5.32 Å². The van der Waals surface area contributed by atoms with Gasteiger partial charge >= 0.3 is 0 Å². The predicted molar refractivity (Wildman–Crippen MR) is 85.5 cm³/mol. The molecule has 0 spiro atoms. The highest BCUT2D eigenvalue weighted by atomic mass is 35.5. The summed E-state index contributed by atoms with van der Waals surface area (Å²) in [7, 11) is 0. The Morgan fingerprint density at radius 2 is 2.15 bits per heavy atom. The highest BCUT2D eigenvalue weighted by molar-refractivity contribution is 7.05. The number of nitrogens with zero attached hydrogens (tertiary/aromatic N) is 2. The van der Waals surface area contributed by atoms with Gasteiger partial charge in [0.1, 0.15) is 0 Å². The van der Waals surface area contributed by atoms with Gasteiger partial charge in [0.15, 0.2) is 0 Å². The van der Waals surface area contributed by atoms with Crippen molar-refractivity contribution in [3.05, 3.63) is 45.4 Å². The van der Waals surface area contributed by atoms with Crippen molar-refractivity contribution in [2.45, 2.75) is 39.2 Å². The van der Waals surface area contributed by atoms with Gasteiger partial charge in [-0.1, -0.05) is 48.5 Å². The summed E-state index contributed by atoms with van der Waals surface area (Å²) in [5.74, 6) is 0. The fraction of sp³-hybridized carbons (Fsp3) is 0.467. The molecule has 0 saturated carbocycles. The Morgan fingerprint density at radius 1 is 1.30 bits per heavy atom. The van der Waals surface area contributed by atoms with Gasteiger partial charge in [-0.05, 0) is 48.6 Å². The Bertz CT molecular complexity index is 541. The van der Waals surface area contributed by atoms with E-state index in [1.54, 1.807) is 0 Å². The average Bonchev–Trinajstić information content (AvgIpc) is 2.88. The van der Waals surface area contributed by atoms with Gasteiger partial charge < -0.3 is 5.32 Å². The second kappa shape index (κ2) is 7.72. The third-order valence-electron chi connectivity index (χ3n) is 3.11. The van der Waals surface area contributed by atoms with E-state index in [-0.39, 0.29) is 6.04 Å². The second-order valence-corrected chi connectivity index (χ2v) is 6.00. The molecule has 1 atom stereocenters. The van der Waals surface area contributed by atoms with Crippen LogP contribution in [0.3, 0.4) is 0 Å². The molecule has 1 aromatic heterocycles. The Balaban J connectivity index is 2.33. The van der Waals surface area contributed by atoms with E-state index >= 15 is 0 Å². The van der Waals surface area contributed by atoms with Crippen molar-refractivity contribution in [2.75, 3.05) is 6.54 Å². The Hall–Kier alpha value is -0.970. The highest BCUT2D eigenvalue weighted by Gasteiger charge is 2.20. The minimum Gasteiger partial charge on any atom is -0.305 e. The van der Waals surface area contributed by atoms with Crippen LogP contribution in [0.25, 0.3) is 0 Å². The molecule has 1 unspecified atom stereocenters. The minimum absolute atomic E-state index is 0.134. The van der Waals surface area contributed by atoms with E-state index < -0.39 is 0 Å². The molecule has 3 nitrogen and oxygen atoms in total. The van der Waals surface area contributed by atoms with Crippen molar-refractivity contribution < 1.29 is 0 Å². The SMILES string of the molecule is CCCNC(c1cccc(Cl)c1)c1snnc1CCC. The quantitative estimate of drug-likeness (QED) is 0.831. The molecule has 1 aromatic carbocycles. The lowest BCUT2D eigenvalue weighted by molar-refractivity contribution is 0.599. The standard InChI is InChI=1S/C15H20ClN3S/c1-3-6-13-15(20-19-18-13)14(17-9-4-2)11-7-5-8-12(16)10-11/h5,7-8,10,14,17H,3-4,6,9H2,1-2H3. The van der Waals surface area contributed by atoms with Crippen molar-refractivity contribution in [1.29, 1.82) is 0 Å². The lowest BCUT2D eigenvalue weighted by atomic mass is 10.0. The Kier molecular flexibility index (Phi) is 5.95. The molecule has 0 aliphatic carbocycles. The summed E-state index contributed by atoms with van der Waals surface area (Å²) in [5, 5.41) is 8.63. The van der Waals surface area contributed by atoms with Crippen molar-refractivity contribution in [3.8, 4) is 0 Å². The molecule has 0 radical (unpaired) electrons. The summed E-state index contributed by atoms with van der Waals surface area (Å²) in [6.07, 6.45) is 3.14. The zero-order valence-electron chi connectivity index (χ0n) is 11.9. The molecule has 0 fully saturated rings. The highest BCUT2D eigenvalue weighted by Crippen LogP contribution is 2.29. The number of nitrogens with one attached hydrogen (secondary N) is 1. The van der Waals surface area contributed by atoms with Gasteiger partial charge in [0, 0.05) is 5.02 Å². The summed E-state index contributed by atoms with van der Waals surface area (Å²) in [6.45, 7) is 5.29. The van der Waals surface area contributed by atoms with Gasteiger partial charge in [0.2, 0.25) is 0 Å². The zero-order valence-corrected chi connectivity index (χ0v) is 13.5. The van der Waals surface area contributed by atoms with Crippen LogP contribution >= 0.6 is 23.1 Å². The first-order chi connectivity index (χ1) is 9.76. The maximum absolute atomic E-state index is 6.13. The number of hydrogen-bond donors (Lipinski definition) is 1. The Labute approximate surface area is 129 Å². The molecule has 0 aliphatic rings. The molecule has 108 valence electrons. The third kappa shape index (κ3) is 3.78. The maximum Gasteiger partial charge on any atom is 0.0807 e. The molecule has 0 aliphatic heterocycles. The van der Waals surface area contributed by atoms with Gasteiger partial charge in [0.25, 0.3) is 0 Å². The van der Waals surface area contributed by atoms with Crippen LogP contribution in [0.2, 0.25) is 5.02 Å². The largest absolute Gasteiger partial charge is 0.305 e. The fourth-order valence-electron chi connectivity index (χ4n) is 2.18. The molecule has 1 N–H and O–H groups in total. The number of halogens is 1. The zero-order chi connectivity index (χ0) is 14.4. The topological polar surface area (TPSA) is 37.8 Å². The molecule has 1 heterocycles. The third-order valence-corrected chi connectivity index (χ3v) is 4.18. The summed E-state index contributed by atoms with van der Waals surface area (Å²) in [6, 6.07) is 8.15. The molecular formula is C15H20ClN3S. The maximum atomic E-state index is 6.13. The first-order valence-corrected chi connectivity index (χ1v) is 8.21. The smallest absolute Gasteiger partial charge is 0.0807 e. The Morgan fingerprint density at radius 3 is 2.85 bits per heavy atom. The van der Waals surface area contributed by atoms with Crippen LogP contribution in [-0.4, -0.2) is 16.1 Å². The fourth-order valence-corrected chi connectivity index (χ4v) is 3.18. The lowest BCUT2D eigenvalue weighted by Crippen LogP contribution is -2.23. The first kappa shape index (κ1) is 15.4. The summed E-state index contributed by atoms with van der Waals surface area (Å²) in [5.41, 5.74) is 2.28. The van der Waals surface area contributed by atoms with Crippen molar-refractivity contribution >= 4 is 23.1 Å². The number of aromatic nitrogens is 2. The summed E-state index contributed by atoms with van der Waals surface area (Å²) >= 11 is 7.61. The van der Waals surface area contributed by atoms with Gasteiger partial charge in [-0.2, -0.15) is 0 Å². The molecule has 0 bridgehead atoms. The van der Waals surface area contributed by atoms with Crippen molar-refractivity contribution in [2.24, 2.45) is 0 Å². The molecule has 0 saturated heterocycles. The number of benzene rings is 1. The lowest BCUT2D eigenvalue weighted by Gasteiger charge is -2.18. The number of aryl methyl sites for hydroxylation is 1. The average molecular weight is 310 g/mol.